The van der Waals surface area contributed by atoms with E-state index < -0.39 is 18.4 Å². The van der Waals surface area contributed by atoms with E-state index in [4.69, 9.17) is 0 Å². The molecule has 6 heteroatoms. The number of benzene rings is 2. The zero-order valence-electron chi connectivity index (χ0n) is 8.84. The third kappa shape index (κ3) is 2.52. The lowest BCUT2D eigenvalue weighted by molar-refractivity contribution is -0.137. The molecule has 2 aromatic carbocycles. The van der Waals surface area contributed by atoms with E-state index in [-0.39, 0.29) is 11.1 Å². The van der Waals surface area contributed by atoms with Gasteiger partial charge in [0.25, 0.3) is 0 Å². The van der Waals surface area contributed by atoms with Crippen LogP contribution in [0.2, 0.25) is 0 Å². The lowest BCUT2D eigenvalue weighted by atomic mass is 10.1. The Labute approximate surface area is 98.8 Å². The Hall–Kier alpha value is -1.85. The van der Waals surface area contributed by atoms with Crippen LogP contribution in [-0.2, 0) is 6.18 Å². The van der Waals surface area contributed by atoms with Crippen molar-refractivity contribution in [2.75, 3.05) is 0 Å². The third-order valence-electron chi connectivity index (χ3n) is 2.39. The molecule has 18 heavy (non-hydrogen) atoms. The van der Waals surface area contributed by atoms with Gasteiger partial charge in [-0.05, 0) is 23.6 Å². The highest BCUT2D eigenvalue weighted by molar-refractivity contribution is 5.89. The number of hydrogen-bond donors (Lipinski definition) is 0. The first-order valence-electron chi connectivity index (χ1n) is 4.93. The molecule has 0 aliphatic carbocycles. The zero-order chi connectivity index (χ0) is 13.3. The van der Waals surface area contributed by atoms with Gasteiger partial charge >= 0.3 is 12.8 Å². The molecule has 0 aromatic heterocycles. The number of fused-ring (bicyclic) bond motifs is 1. The van der Waals surface area contributed by atoms with Gasteiger partial charge in [-0.3, -0.25) is 0 Å². The van der Waals surface area contributed by atoms with Gasteiger partial charge in [0.1, 0.15) is 5.75 Å². The molecular weight excluding hydrogens is 255 g/mol. The molecule has 2 rings (SSSR count). The Morgan fingerprint density at radius 1 is 1.00 bits per heavy atom. The highest BCUT2D eigenvalue weighted by atomic mass is 19.4. The van der Waals surface area contributed by atoms with Gasteiger partial charge < -0.3 is 4.74 Å². The van der Waals surface area contributed by atoms with Gasteiger partial charge in [-0.2, -0.15) is 22.0 Å². The lowest BCUT2D eigenvalue weighted by Gasteiger charge is -2.11. The molecule has 1 nitrogen and oxygen atoms in total. The lowest BCUT2D eigenvalue weighted by Crippen LogP contribution is -2.05. The van der Waals surface area contributed by atoms with Crippen LogP contribution in [0.3, 0.4) is 0 Å². The van der Waals surface area contributed by atoms with E-state index in [9.17, 15) is 22.0 Å². The topological polar surface area (TPSA) is 9.23 Å². The molecule has 0 saturated carbocycles. The van der Waals surface area contributed by atoms with Crippen LogP contribution < -0.4 is 4.74 Å². The largest absolute Gasteiger partial charge is 0.434 e. The molecule has 0 saturated heterocycles. The second-order valence-electron chi connectivity index (χ2n) is 3.57. The molecule has 0 N–H and O–H groups in total. The first kappa shape index (κ1) is 12.6. The van der Waals surface area contributed by atoms with Crippen molar-refractivity contribution in [2.45, 2.75) is 12.8 Å². The van der Waals surface area contributed by atoms with Gasteiger partial charge in [0.15, 0.2) is 0 Å². The first-order valence-corrected chi connectivity index (χ1v) is 4.93. The maximum atomic E-state index is 12.5. The minimum atomic E-state index is -4.52. The standard InChI is InChI=1S/C12H7F5O/c13-11(14)18-10-3-1-2-7-4-5-8(6-9(7)10)12(15,16)17/h1-6,11H. The highest BCUT2D eigenvalue weighted by Gasteiger charge is 2.30. The van der Waals surface area contributed by atoms with Crippen molar-refractivity contribution in [1.82, 2.24) is 0 Å². The summed E-state index contributed by atoms with van der Waals surface area (Å²) in [5.74, 6) is -0.270. The molecule has 96 valence electrons. The summed E-state index contributed by atoms with van der Waals surface area (Å²) in [4.78, 5) is 0. The molecule has 0 aliphatic rings. The second-order valence-corrected chi connectivity index (χ2v) is 3.57. The molecule has 0 atom stereocenters. The first-order chi connectivity index (χ1) is 8.38. The predicted molar refractivity (Wildman–Crippen MR) is 55.6 cm³/mol. The predicted octanol–water partition coefficient (Wildman–Crippen LogP) is 4.46. The average Bonchev–Trinajstić information content (AvgIpc) is 2.27. The van der Waals surface area contributed by atoms with Gasteiger partial charge in [0, 0.05) is 5.39 Å². The monoisotopic (exact) mass is 262 g/mol. The Balaban J connectivity index is 2.58. The molecule has 0 radical (unpaired) electrons. The molecule has 0 bridgehead atoms. The normalized spacial score (nSPS) is 12.1. The summed E-state index contributed by atoms with van der Waals surface area (Å²) >= 11 is 0. The van der Waals surface area contributed by atoms with Crippen LogP contribution in [0.1, 0.15) is 5.56 Å². The van der Waals surface area contributed by atoms with Gasteiger partial charge in [0.05, 0.1) is 5.56 Å². The van der Waals surface area contributed by atoms with Gasteiger partial charge in [-0.25, -0.2) is 0 Å². The fraction of sp³-hybridized carbons (Fsp3) is 0.167. The van der Waals surface area contributed by atoms with Gasteiger partial charge in [0.2, 0.25) is 0 Å². The minimum absolute atomic E-state index is 0.00706. The number of halogens is 5. The van der Waals surface area contributed by atoms with Crippen molar-refractivity contribution in [3.63, 3.8) is 0 Å². The van der Waals surface area contributed by atoms with E-state index in [1.807, 2.05) is 0 Å². The molecular formula is C12H7F5O. The molecule has 0 amide bonds. The van der Waals surface area contributed by atoms with Crippen molar-refractivity contribution in [3.05, 3.63) is 42.0 Å². The summed E-state index contributed by atoms with van der Waals surface area (Å²) in [6.07, 6.45) is -4.52. The quantitative estimate of drug-likeness (QED) is 0.726. The average molecular weight is 262 g/mol. The Bertz CT molecular complexity index is 562. The van der Waals surface area contributed by atoms with Crippen molar-refractivity contribution in [2.24, 2.45) is 0 Å². The van der Waals surface area contributed by atoms with E-state index in [2.05, 4.69) is 4.74 Å². The summed E-state index contributed by atoms with van der Waals surface area (Å²) in [6, 6.07) is 7.08. The van der Waals surface area contributed by atoms with Crippen molar-refractivity contribution in [3.8, 4) is 5.75 Å². The minimum Gasteiger partial charge on any atom is -0.434 e. The summed E-state index contributed by atoms with van der Waals surface area (Å²) in [5, 5.41) is 0.411. The molecule has 0 fully saturated rings. The van der Waals surface area contributed by atoms with Crippen molar-refractivity contribution in [1.29, 1.82) is 0 Å². The summed E-state index contributed by atoms with van der Waals surface area (Å²) < 4.78 is 66.0. The second kappa shape index (κ2) is 4.44. The van der Waals surface area contributed by atoms with Crippen LogP contribution in [0.15, 0.2) is 36.4 Å². The Kier molecular flexibility index (Phi) is 3.11. The van der Waals surface area contributed by atoms with Crippen LogP contribution in [0.5, 0.6) is 5.75 Å². The maximum absolute atomic E-state index is 12.5. The van der Waals surface area contributed by atoms with E-state index in [1.54, 1.807) is 0 Å². The number of ether oxygens (including phenoxy) is 1. The summed E-state index contributed by atoms with van der Waals surface area (Å²) in [6.45, 7) is -3.08. The van der Waals surface area contributed by atoms with Crippen LogP contribution in [0.4, 0.5) is 22.0 Å². The third-order valence-corrected chi connectivity index (χ3v) is 2.39. The Morgan fingerprint density at radius 2 is 1.72 bits per heavy atom. The molecule has 0 heterocycles. The maximum Gasteiger partial charge on any atom is 0.416 e. The van der Waals surface area contributed by atoms with Crippen molar-refractivity contribution < 1.29 is 26.7 Å². The van der Waals surface area contributed by atoms with Crippen LogP contribution in [0, 0.1) is 0 Å². The fourth-order valence-electron chi connectivity index (χ4n) is 1.62. The SMILES string of the molecule is FC(F)Oc1cccc2ccc(C(F)(F)F)cc12. The zero-order valence-corrected chi connectivity index (χ0v) is 8.84. The van der Waals surface area contributed by atoms with Gasteiger partial charge in [-0.1, -0.05) is 18.2 Å². The number of alkyl halides is 5. The molecule has 0 spiro atoms. The molecule has 0 unspecified atom stereocenters. The highest BCUT2D eigenvalue weighted by Crippen LogP contribution is 2.34. The molecule has 2 aromatic rings. The fourth-order valence-corrected chi connectivity index (χ4v) is 1.62. The van der Waals surface area contributed by atoms with E-state index >= 15 is 0 Å². The number of rotatable bonds is 2. The smallest absolute Gasteiger partial charge is 0.416 e. The van der Waals surface area contributed by atoms with Crippen LogP contribution >= 0.6 is 0 Å². The molecule has 0 aliphatic heterocycles. The van der Waals surface area contributed by atoms with Crippen molar-refractivity contribution >= 4 is 10.8 Å². The van der Waals surface area contributed by atoms with Crippen LogP contribution in [0.25, 0.3) is 10.8 Å². The van der Waals surface area contributed by atoms with Gasteiger partial charge in [-0.15, -0.1) is 0 Å². The van der Waals surface area contributed by atoms with Crippen LogP contribution in [-0.4, -0.2) is 6.61 Å². The van der Waals surface area contributed by atoms with E-state index in [0.717, 1.165) is 12.1 Å². The Morgan fingerprint density at radius 3 is 2.33 bits per heavy atom. The van der Waals surface area contributed by atoms with E-state index in [0.29, 0.717) is 5.39 Å². The number of hydrogen-bond acceptors (Lipinski definition) is 1. The van der Waals surface area contributed by atoms with E-state index in [1.165, 1.54) is 24.3 Å². The summed E-state index contributed by atoms with van der Waals surface area (Å²) in [7, 11) is 0. The summed E-state index contributed by atoms with van der Waals surface area (Å²) in [5.41, 5.74) is -0.902.